The van der Waals surface area contributed by atoms with Gasteiger partial charge in [0.15, 0.2) is 0 Å². The third-order valence-electron chi connectivity index (χ3n) is 15.1. The summed E-state index contributed by atoms with van der Waals surface area (Å²) in [5.41, 5.74) is 13.7. The molecule has 2 heteroatoms. The topological polar surface area (TPSA) is 24.7 Å². The van der Waals surface area contributed by atoms with Gasteiger partial charge in [0.25, 0.3) is 0 Å². The van der Waals surface area contributed by atoms with E-state index in [-0.39, 0.29) is 0 Å². The highest BCUT2D eigenvalue weighted by atomic mass is 14.9. The number of nitrogens with zero attached hydrogens (tertiary/aromatic N) is 2. The van der Waals surface area contributed by atoms with E-state index in [0.717, 1.165) is 23.7 Å². The fourth-order valence-corrected chi connectivity index (χ4v) is 12.7. The van der Waals surface area contributed by atoms with Crippen molar-refractivity contribution in [1.29, 1.82) is 0 Å². The summed E-state index contributed by atoms with van der Waals surface area (Å²) >= 11 is 0. The highest BCUT2D eigenvalue weighted by Gasteiger charge is 2.53. The fourth-order valence-electron chi connectivity index (χ4n) is 12.7. The van der Waals surface area contributed by atoms with Crippen molar-refractivity contribution in [2.24, 2.45) is 68.2 Å². The minimum absolute atomic E-state index is 0.334. The molecule has 8 unspecified atom stereocenters. The molecule has 1 fully saturated rings. The van der Waals surface area contributed by atoms with Crippen LogP contribution in [-0.2, 0) is 0 Å². The van der Waals surface area contributed by atoms with Crippen molar-refractivity contribution in [2.45, 2.75) is 130 Å². The van der Waals surface area contributed by atoms with Gasteiger partial charge in [0.05, 0.1) is 11.4 Å². The first-order chi connectivity index (χ1) is 21.3. The average molecular weight is 589 g/mol. The Morgan fingerprint density at radius 1 is 0.705 bits per heavy atom. The van der Waals surface area contributed by atoms with E-state index in [4.69, 9.17) is 9.98 Å². The Hall–Kier alpha value is -1.96. The van der Waals surface area contributed by atoms with Gasteiger partial charge in [-0.3, -0.25) is 9.98 Å². The molecule has 1 saturated carbocycles. The summed E-state index contributed by atoms with van der Waals surface area (Å²) in [6.45, 7) is 10.3. The molecule has 2 aliphatic heterocycles. The van der Waals surface area contributed by atoms with Gasteiger partial charge in [-0.15, -0.1) is 0 Å². The van der Waals surface area contributed by atoms with Crippen molar-refractivity contribution in [2.75, 3.05) is 0 Å². The molecular weight excluding hydrogens is 532 g/mol. The number of aliphatic imine (C=N–C) groups is 2. The quantitative estimate of drug-likeness (QED) is 0.287. The van der Waals surface area contributed by atoms with E-state index in [1.54, 1.807) is 5.57 Å². The minimum atomic E-state index is 0.334. The first-order valence-corrected chi connectivity index (χ1v) is 19.0. The maximum absolute atomic E-state index is 5.69. The smallest absolute Gasteiger partial charge is 0.0655 e. The molecule has 0 aromatic heterocycles. The predicted molar refractivity (Wildman–Crippen MR) is 184 cm³/mol. The summed E-state index contributed by atoms with van der Waals surface area (Å²) in [6.07, 6.45) is 31.3. The van der Waals surface area contributed by atoms with Crippen LogP contribution in [0.1, 0.15) is 130 Å². The molecule has 234 valence electrons. The van der Waals surface area contributed by atoms with Crippen LogP contribution in [-0.4, -0.2) is 11.4 Å². The van der Waals surface area contributed by atoms with Crippen LogP contribution in [0.15, 0.2) is 68.0 Å². The molecule has 0 spiro atoms. The largest absolute Gasteiger partial charge is 0.260 e. The summed E-state index contributed by atoms with van der Waals surface area (Å²) in [6, 6.07) is 0. The zero-order valence-electron chi connectivity index (χ0n) is 28.1. The maximum Gasteiger partial charge on any atom is 0.0655 e. The first kappa shape index (κ1) is 28.3. The molecule has 0 N–H and O–H groups in total. The molecule has 0 bridgehead atoms. The highest BCUT2D eigenvalue weighted by Crippen LogP contribution is 2.62. The Bertz CT molecular complexity index is 1470. The van der Waals surface area contributed by atoms with Crippen LogP contribution in [0.5, 0.6) is 0 Å². The van der Waals surface area contributed by atoms with Gasteiger partial charge in [-0.1, -0.05) is 68.7 Å². The van der Waals surface area contributed by atoms with E-state index in [0.29, 0.717) is 34.5 Å². The maximum atomic E-state index is 5.69. The number of hydrogen-bond acceptors (Lipinski definition) is 2. The fraction of sp³-hybridized carbons (Fsp3) is 0.714. The van der Waals surface area contributed by atoms with E-state index in [9.17, 15) is 0 Å². The van der Waals surface area contributed by atoms with Crippen molar-refractivity contribution < 1.29 is 0 Å². The lowest BCUT2D eigenvalue weighted by Gasteiger charge is -2.40. The van der Waals surface area contributed by atoms with Crippen LogP contribution in [0.3, 0.4) is 0 Å². The number of allylic oxidation sites excluding steroid dienone is 10. The number of rotatable bonds is 2. The molecule has 0 aromatic carbocycles. The van der Waals surface area contributed by atoms with Crippen molar-refractivity contribution >= 4 is 11.4 Å². The summed E-state index contributed by atoms with van der Waals surface area (Å²) in [5, 5.41) is 0. The SMILES string of the molecule is CC1(C)C2=C(CCCC2)C2CCC(C3=NC4=C5N=C(C6CC=C7C8CC=CCC8C(C)(C)C7C6)CCC5CCC4CC3)=CC21. The molecule has 8 atom stereocenters. The van der Waals surface area contributed by atoms with Gasteiger partial charge in [-0.25, -0.2) is 0 Å². The second kappa shape index (κ2) is 10.3. The Morgan fingerprint density at radius 2 is 1.48 bits per heavy atom. The molecule has 44 heavy (non-hydrogen) atoms. The van der Waals surface area contributed by atoms with Crippen molar-refractivity contribution in [3.63, 3.8) is 0 Å². The molecule has 0 aromatic rings. The average Bonchev–Trinajstić information content (AvgIpc) is 3.43. The Labute approximate surface area is 267 Å². The van der Waals surface area contributed by atoms with E-state index >= 15 is 0 Å². The third kappa shape index (κ3) is 4.17. The summed E-state index contributed by atoms with van der Waals surface area (Å²) in [7, 11) is 0. The highest BCUT2D eigenvalue weighted by molar-refractivity contribution is 6.01. The zero-order valence-corrected chi connectivity index (χ0v) is 28.1. The van der Waals surface area contributed by atoms with Crippen LogP contribution in [0.25, 0.3) is 0 Å². The van der Waals surface area contributed by atoms with Crippen LogP contribution < -0.4 is 0 Å². The van der Waals surface area contributed by atoms with Crippen LogP contribution in [0, 0.1) is 58.2 Å². The van der Waals surface area contributed by atoms with E-state index in [2.05, 4.69) is 52.0 Å². The molecule has 9 aliphatic rings. The predicted octanol–water partition coefficient (Wildman–Crippen LogP) is 11.1. The molecule has 0 radical (unpaired) electrons. The van der Waals surface area contributed by atoms with Gasteiger partial charge in [0.2, 0.25) is 0 Å². The Morgan fingerprint density at radius 3 is 2.34 bits per heavy atom. The summed E-state index contributed by atoms with van der Waals surface area (Å²) < 4.78 is 0. The van der Waals surface area contributed by atoms with Gasteiger partial charge in [-0.2, -0.15) is 0 Å². The zero-order chi connectivity index (χ0) is 29.8. The second-order valence-corrected chi connectivity index (χ2v) is 17.7. The molecule has 2 heterocycles. The standard InChI is InChI=1S/C42H56N2/c1-41(2)33-11-7-5-9-29(33)31-19-15-27(23-35(31)41)37-21-17-25-13-14-26-18-22-38(44-40(26)39(25)43-37)28-16-20-32-30-10-6-8-12-34(30)42(3,4)36(32)24-28/h5,7,19,24-27,29,32-33,35-36H,6,8-18,20-23H2,1-4H3. The Balaban J connectivity index is 1.02. The lowest BCUT2D eigenvalue weighted by atomic mass is 9.67. The molecule has 9 rings (SSSR count). The van der Waals surface area contributed by atoms with Gasteiger partial charge < -0.3 is 0 Å². The lowest BCUT2D eigenvalue weighted by Crippen LogP contribution is -2.33. The van der Waals surface area contributed by atoms with E-state index < -0.39 is 0 Å². The van der Waals surface area contributed by atoms with Crippen molar-refractivity contribution in [3.8, 4) is 0 Å². The van der Waals surface area contributed by atoms with Crippen molar-refractivity contribution in [3.05, 3.63) is 58.0 Å². The van der Waals surface area contributed by atoms with E-state index in [1.165, 1.54) is 126 Å². The van der Waals surface area contributed by atoms with Gasteiger partial charge in [-0.05, 0) is 149 Å². The molecule has 0 amide bonds. The lowest BCUT2D eigenvalue weighted by molar-refractivity contribution is 0.155. The van der Waals surface area contributed by atoms with Gasteiger partial charge in [0.1, 0.15) is 0 Å². The van der Waals surface area contributed by atoms with Crippen LogP contribution >= 0.6 is 0 Å². The molecular formula is C42H56N2. The normalized spacial score (nSPS) is 41.7. The van der Waals surface area contributed by atoms with Crippen LogP contribution in [0.4, 0.5) is 0 Å². The molecule has 0 saturated heterocycles. The van der Waals surface area contributed by atoms with Crippen molar-refractivity contribution in [1.82, 2.24) is 0 Å². The first-order valence-electron chi connectivity index (χ1n) is 19.0. The summed E-state index contributed by atoms with van der Waals surface area (Å²) in [5.74, 6) is 5.81. The summed E-state index contributed by atoms with van der Waals surface area (Å²) in [4.78, 5) is 11.3. The molecule has 2 nitrogen and oxygen atoms in total. The number of hydrogen-bond donors (Lipinski definition) is 0. The second-order valence-electron chi connectivity index (χ2n) is 17.7. The minimum Gasteiger partial charge on any atom is -0.260 e. The van der Waals surface area contributed by atoms with Gasteiger partial charge in [0, 0.05) is 29.2 Å². The van der Waals surface area contributed by atoms with E-state index in [1.807, 2.05) is 16.7 Å². The third-order valence-corrected chi connectivity index (χ3v) is 15.1. The number of fused-ring (bicyclic) bond motifs is 7. The van der Waals surface area contributed by atoms with Gasteiger partial charge >= 0.3 is 0 Å². The monoisotopic (exact) mass is 588 g/mol. The molecule has 7 aliphatic carbocycles. The Kier molecular flexibility index (Phi) is 6.60. The van der Waals surface area contributed by atoms with Crippen LogP contribution in [0.2, 0.25) is 0 Å².